The minimum Gasteiger partial charge on any atom is -0.325 e. The van der Waals surface area contributed by atoms with Crippen LogP contribution in [0.1, 0.15) is 31.7 Å². The fraction of sp³-hybridized carbons (Fsp3) is 0.357. The molecule has 0 unspecified atom stereocenters. The monoisotopic (exact) mass is 230 g/mol. The van der Waals surface area contributed by atoms with Crippen molar-refractivity contribution in [3.05, 3.63) is 29.8 Å². The average Bonchev–Trinajstić information content (AvgIpc) is 2.36. The van der Waals surface area contributed by atoms with E-state index in [2.05, 4.69) is 18.2 Å². The zero-order valence-corrected chi connectivity index (χ0v) is 10.1. The zero-order chi connectivity index (χ0) is 12.7. The third-order valence-electron chi connectivity index (χ3n) is 2.50. The van der Waals surface area contributed by atoms with Crippen molar-refractivity contribution < 1.29 is 4.79 Å². The fourth-order valence-corrected chi connectivity index (χ4v) is 1.48. The quantitative estimate of drug-likeness (QED) is 0.761. The van der Waals surface area contributed by atoms with Gasteiger partial charge in [-0.1, -0.05) is 31.8 Å². The second-order valence-electron chi connectivity index (χ2n) is 3.96. The number of nitrogens with one attached hydrogen (secondary N) is 1. The summed E-state index contributed by atoms with van der Waals surface area (Å²) in [5, 5.41) is 2.77. The molecule has 0 aliphatic heterocycles. The number of nitrogens with two attached hydrogens (primary N) is 1. The molecule has 0 bridgehead atoms. The number of rotatable bonds is 5. The summed E-state index contributed by atoms with van der Waals surface area (Å²) in [5.74, 6) is 2.36. The maximum absolute atomic E-state index is 11.7. The van der Waals surface area contributed by atoms with Crippen molar-refractivity contribution in [2.75, 3.05) is 5.32 Å². The van der Waals surface area contributed by atoms with E-state index in [1.807, 2.05) is 12.1 Å². The molecule has 0 aliphatic rings. The molecule has 1 amide bonds. The molecule has 0 saturated heterocycles. The number of hydrogen-bond acceptors (Lipinski definition) is 2. The van der Waals surface area contributed by atoms with Gasteiger partial charge < -0.3 is 11.1 Å². The Hall–Kier alpha value is -1.79. The Morgan fingerprint density at radius 1 is 1.59 bits per heavy atom. The number of benzene rings is 1. The van der Waals surface area contributed by atoms with Crippen LogP contribution in [0.15, 0.2) is 24.3 Å². The van der Waals surface area contributed by atoms with Gasteiger partial charge in [0.25, 0.3) is 0 Å². The molecule has 3 heteroatoms. The van der Waals surface area contributed by atoms with Crippen LogP contribution in [0.3, 0.4) is 0 Å². The van der Waals surface area contributed by atoms with Crippen molar-refractivity contribution in [2.24, 2.45) is 5.73 Å². The lowest BCUT2D eigenvalue weighted by atomic mass is 10.1. The van der Waals surface area contributed by atoms with Crippen LogP contribution in [0.25, 0.3) is 0 Å². The van der Waals surface area contributed by atoms with Crippen LogP contribution in [0.4, 0.5) is 5.69 Å². The Morgan fingerprint density at radius 3 is 3.00 bits per heavy atom. The van der Waals surface area contributed by atoms with E-state index in [9.17, 15) is 4.79 Å². The summed E-state index contributed by atoms with van der Waals surface area (Å²) in [7, 11) is 0. The van der Waals surface area contributed by atoms with E-state index in [0.29, 0.717) is 12.1 Å². The lowest BCUT2D eigenvalue weighted by Gasteiger charge is -2.11. The number of carbonyl (C=O) groups is 1. The predicted octanol–water partition coefficient (Wildman–Crippen LogP) is 2.12. The predicted molar refractivity (Wildman–Crippen MR) is 70.5 cm³/mol. The molecular formula is C14H18N2O. The van der Waals surface area contributed by atoms with Crippen LogP contribution in [0, 0.1) is 12.3 Å². The first kappa shape index (κ1) is 13.3. The maximum atomic E-state index is 11.7. The van der Waals surface area contributed by atoms with Crippen molar-refractivity contribution in [1.82, 2.24) is 0 Å². The van der Waals surface area contributed by atoms with E-state index < -0.39 is 6.04 Å². The summed E-state index contributed by atoms with van der Waals surface area (Å²) in [6.45, 7) is 2.07. The highest BCUT2D eigenvalue weighted by Gasteiger charge is 2.12. The van der Waals surface area contributed by atoms with Gasteiger partial charge in [0.2, 0.25) is 5.91 Å². The van der Waals surface area contributed by atoms with E-state index in [1.54, 1.807) is 12.1 Å². The number of hydrogen-bond donors (Lipinski definition) is 2. The minimum absolute atomic E-state index is 0.160. The molecule has 3 nitrogen and oxygen atoms in total. The summed E-state index contributed by atoms with van der Waals surface area (Å²) in [6, 6.07) is 6.72. The smallest absolute Gasteiger partial charge is 0.241 e. The maximum Gasteiger partial charge on any atom is 0.241 e. The Kier molecular flexibility index (Phi) is 5.25. The van der Waals surface area contributed by atoms with Gasteiger partial charge in [0.1, 0.15) is 0 Å². The molecule has 1 rings (SSSR count). The molecular weight excluding hydrogens is 212 g/mol. The first-order valence-corrected chi connectivity index (χ1v) is 5.80. The second kappa shape index (κ2) is 6.72. The molecule has 17 heavy (non-hydrogen) atoms. The second-order valence-corrected chi connectivity index (χ2v) is 3.96. The zero-order valence-electron chi connectivity index (χ0n) is 10.1. The Morgan fingerprint density at radius 2 is 2.35 bits per heavy atom. The molecule has 0 aromatic heterocycles. The third kappa shape index (κ3) is 4.29. The van der Waals surface area contributed by atoms with Crippen molar-refractivity contribution in [3.8, 4) is 12.3 Å². The van der Waals surface area contributed by atoms with Crippen LogP contribution < -0.4 is 11.1 Å². The summed E-state index contributed by atoms with van der Waals surface area (Å²) in [4.78, 5) is 11.7. The van der Waals surface area contributed by atoms with Gasteiger partial charge in [-0.25, -0.2) is 0 Å². The number of anilines is 1. The van der Waals surface area contributed by atoms with Gasteiger partial charge in [-0.2, -0.15) is 0 Å². The highest BCUT2D eigenvalue weighted by Crippen LogP contribution is 2.10. The van der Waals surface area contributed by atoms with Crippen LogP contribution >= 0.6 is 0 Å². The van der Waals surface area contributed by atoms with Crippen LogP contribution in [0.2, 0.25) is 0 Å². The van der Waals surface area contributed by atoms with Gasteiger partial charge in [-0.3, -0.25) is 4.79 Å². The van der Waals surface area contributed by atoms with Crippen LogP contribution in [-0.4, -0.2) is 11.9 Å². The molecule has 0 heterocycles. The van der Waals surface area contributed by atoms with Crippen molar-refractivity contribution in [1.29, 1.82) is 0 Å². The average molecular weight is 230 g/mol. The molecule has 3 N–H and O–H groups in total. The summed E-state index contributed by atoms with van der Waals surface area (Å²) < 4.78 is 0. The lowest BCUT2D eigenvalue weighted by Crippen LogP contribution is -2.35. The van der Waals surface area contributed by atoms with Crippen LogP contribution in [0.5, 0.6) is 0 Å². The van der Waals surface area contributed by atoms with E-state index in [4.69, 9.17) is 12.2 Å². The van der Waals surface area contributed by atoms with E-state index in [-0.39, 0.29) is 5.91 Å². The number of terminal acetylenes is 1. The van der Waals surface area contributed by atoms with Gasteiger partial charge >= 0.3 is 0 Å². The Balaban J connectivity index is 2.58. The SMILES string of the molecule is C#Cc1cccc(NC(=O)[C@@H](N)CCCC)c1. The molecule has 1 aromatic carbocycles. The molecule has 1 atom stereocenters. The fourth-order valence-electron chi connectivity index (χ4n) is 1.48. The van der Waals surface area contributed by atoms with Gasteiger partial charge in [0, 0.05) is 11.3 Å². The van der Waals surface area contributed by atoms with Gasteiger partial charge in [0.05, 0.1) is 6.04 Å². The largest absolute Gasteiger partial charge is 0.325 e. The highest BCUT2D eigenvalue weighted by molar-refractivity contribution is 5.94. The third-order valence-corrected chi connectivity index (χ3v) is 2.50. The summed E-state index contributed by atoms with van der Waals surface area (Å²) in [5.41, 5.74) is 7.20. The number of amides is 1. The molecule has 0 spiro atoms. The summed E-state index contributed by atoms with van der Waals surface area (Å²) >= 11 is 0. The van der Waals surface area contributed by atoms with Crippen LogP contribution in [-0.2, 0) is 4.79 Å². The molecule has 0 fully saturated rings. The molecule has 0 saturated carbocycles. The highest BCUT2D eigenvalue weighted by atomic mass is 16.2. The minimum atomic E-state index is -0.454. The van der Waals surface area contributed by atoms with Crippen molar-refractivity contribution in [3.63, 3.8) is 0 Å². The van der Waals surface area contributed by atoms with Gasteiger partial charge in [0.15, 0.2) is 0 Å². The molecule has 90 valence electrons. The first-order chi connectivity index (χ1) is 8.17. The van der Waals surface area contributed by atoms with Gasteiger partial charge in [-0.05, 0) is 24.6 Å². The standard InChI is InChI=1S/C14H18N2O/c1-3-5-9-13(15)14(17)16-12-8-6-7-11(4-2)10-12/h2,6-8,10,13H,3,5,9,15H2,1H3,(H,16,17)/t13-/m0/s1. The molecule has 1 aromatic rings. The first-order valence-electron chi connectivity index (χ1n) is 5.80. The Labute approximate surface area is 102 Å². The van der Waals surface area contributed by atoms with Crippen molar-refractivity contribution in [2.45, 2.75) is 32.2 Å². The van der Waals surface area contributed by atoms with E-state index in [1.165, 1.54) is 0 Å². The van der Waals surface area contributed by atoms with E-state index in [0.717, 1.165) is 18.4 Å². The lowest BCUT2D eigenvalue weighted by molar-refractivity contribution is -0.117. The normalized spacial score (nSPS) is 11.6. The topological polar surface area (TPSA) is 55.1 Å². The van der Waals surface area contributed by atoms with Gasteiger partial charge in [-0.15, -0.1) is 6.42 Å². The summed E-state index contributed by atoms with van der Waals surface area (Å²) in [6.07, 6.45) is 7.99. The Bertz CT molecular complexity index is 420. The number of carbonyl (C=O) groups excluding carboxylic acids is 1. The molecule has 0 aliphatic carbocycles. The van der Waals surface area contributed by atoms with Crippen molar-refractivity contribution >= 4 is 11.6 Å². The number of unbranched alkanes of at least 4 members (excludes halogenated alkanes) is 1. The van der Waals surface area contributed by atoms with E-state index >= 15 is 0 Å². The molecule has 0 radical (unpaired) electrons.